The molecule has 1 atom stereocenters. The summed E-state index contributed by atoms with van der Waals surface area (Å²) in [6, 6.07) is 9.86. The zero-order chi connectivity index (χ0) is 19.1. The maximum absolute atomic E-state index is 13.3. The zero-order valence-corrected chi connectivity index (χ0v) is 15.9. The molecule has 0 bridgehead atoms. The lowest BCUT2D eigenvalue weighted by Crippen LogP contribution is -2.49. The van der Waals surface area contributed by atoms with Crippen molar-refractivity contribution in [2.45, 2.75) is 26.0 Å². The van der Waals surface area contributed by atoms with Gasteiger partial charge in [-0.25, -0.2) is 9.97 Å². The van der Waals surface area contributed by atoms with Gasteiger partial charge in [-0.1, -0.05) is 19.1 Å². The Morgan fingerprint density at radius 2 is 1.93 bits per heavy atom. The topological polar surface area (TPSA) is 63.5 Å². The molecule has 0 saturated carbocycles. The first kappa shape index (κ1) is 17.0. The Labute approximate surface area is 163 Å². The predicted molar refractivity (Wildman–Crippen MR) is 107 cm³/mol. The van der Waals surface area contributed by atoms with Gasteiger partial charge in [0, 0.05) is 44.0 Å². The number of anilines is 1. The highest BCUT2D eigenvalue weighted by Crippen LogP contribution is 2.34. The molecule has 1 saturated heterocycles. The molecule has 0 aliphatic carbocycles. The molecule has 5 rings (SSSR count). The molecular formula is C21H23N5O2. The Balaban J connectivity index is 1.40. The number of nitrogens with zero attached hydrogens (tertiary/aromatic N) is 5. The van der Waals surface area contributed by atoms with Crippen LogP contribution in [0.3, 0.4) is 0 Å². The van der Waals surface area contributed by atoms with E-state index in [0.717, 1.165) is 54.3 Å². The molecule has 0 radical (unpaired) electrons. The fraction of sp³-hybridized carbons (Fsp3) is 0.381. The quantitative estimate of drug-likeness (QED) is 0.702. The Morgan fingerprint density at radius 3 is 2.68 bits per heavy atom. The second-order valence-electron chi connectivity index (χ2n) is 7.31. The highest BCUT2D eigenvalue weighted by atomic mass is 16.5. The van der Waals surface area contributed by atoms with Crippen molar-refractivity contribution < 1.29 is 9.53 Å². The van der Waals surface area contributed by atoms with Crippen LogP contribution in [0, 0.1) is 0 Å². The van der Waals surface area contributed by atoms with Gasteiger partial charge in [-0.05, 0) is 24.6 Å². The van der Waals surface area contributed by atoms with Crippen molar-refractivity contribution in [2.75, 3.05) is 31.1 Å². The molecule has 1 amide bonds. The molecule has 4 heterocycles. The van der Waals surface area contributed by atoms with Gasteiger partial charge in [0.1, 0.15) is 17.5 Å². The van der Waals surface area contributed by atoms with Crippen molar-refractivity contribution in [3.8, 4) is 5.75 Å². The third kappa shape index (κ3) is 2.78. The minimum atomic E-state index is 0.0903. The van der Waals surface area contributed by atoms with Crippen LogP contribution >= 0.6 is 0 Å². The van der Waals surface area contributed by atoms with Gasteiger partial charge < -0.3 is 19.1 Å². The molecule has 7 nitrogen and oxygen atoms in total. The number of benzene rings is 1. The fourth-order valence-electron chi connectivity index (χ4n) is 4.11. The highest BCUT2D eigenvalue weighted by Gasteiger charge is 2.29. The summed E-state index contributed by atoms with van der Waals surface area (Å²) in [6.07, 6.45) is 4.52. The molecule has 28 heavy (non-hydrogen) atoms. The van der Waals surface area contributed by atoms with E-state index in [-0.39, 0.29) is 12.0 Å². The van der Waals surface area contributed by atoms with Crippen LogP contribution in [0.2, 0.25) is 0 Å². The van der Waals surface area contributed by atoms with Crippen molar-refractivity contribution >= 4 is 22.8 Å². The summed E-state index contributed by atoms with van der Waals surface area (Å²) >= 11 is 0. The Kier molecular flexibility index (Phi) is 4.15. The number of ether oxygens (including phenoxy) is 1. The average molecular weight is 377 g/mol. The van der Waals surface area contributed by atoms with E-state index in [1.807, 2.05) is 35.2 Å². The minimum absolute atomic E-state index is 0.0903. The van der Waals surface area contributed by atoms with Gasteiger partial charge in [0.2, 0.25) is 5.95 Å². The first-order valence-electron chi connectivity index (χ1n) is 9.84. The summed E-state index contributed by atoms with van der Waals surface area (Å²) < 4.78 is 8.24. The summed E-state index contributed by atoms with van der Waals surface area (Å²) in [4.78, 5) is 26.0. The lowest BCUT2D eigenvalue weighted by Gasteiger charge is -2.35. The monoisotopic (exact) mass is 377 g/mol. The molecule has 2 aliphatic rings. The third-order valence-electron chi connectivity index (χ3n) is 5.64. The molecule has 0 spiro atoms. The normalized spacial score (nSPS) is 19.0. The molecule has 2 aliphatic heterocycles. The number of para-hydroxylation sites is 1. The van der Waals surface area contributed by atoms with Crippen molar-refractivity contribution in [1.29, 1.82) is 0 Å². The summed E-state index contributed by atoms with van der Waals surface area (Å²) in [7, 11) is 0. The summed E-state index contributed by atoms with van der Waals surface area (Å²) in [5.74, 6) is 1.69. The molecule has 1 fully saturated rings. The van der Waals surface area contributed by atoms with Gasteiger partial charge in [0.05, 0.1) is 12.1 Å². The predicted octanol–water partition coefficient (Wildman–Crippen LogP) is 2.56. The molecule has 2 aromatic heterocycles. The van der Waals surface area contributed by atoms with E-state index in [1.54, 1.807) is 12.4 Å². The lowest BCUT2D eigenvalue weighted by atomic mass is 10.2. The van der Waals surface area contributed by atoms with Crippen LogP contribution < -0.4 is 9.64 Å². The Bertz CT molecular complexity index is 1010. The Morgan fingerprint density at radius 1 is 1.14 bits per heavy atom. The minimum Gasteiger partial charge on any atom is -0.486 e. The van der Waals surface area contributed by atoms with E-state index in [9.17, 15) is 4.79 Å². The number of carbonyl (C=O) groups excluding carboxylic acids is 1. The van der Waals surface area contributed by atoms with Gasteiger partial charge in [-0.15, -0.1) is 0 Å². The standard InChI is InChI=1S/C21H23N5O2/c1-2-16-14-26-17(13-15-5-3-6-18(28-16)19(15)26)20(27)24-9-11-25(12-10-24)21-22-7-4-8-23-21/h3-8,13,16H,2,9-12,14H2,1H3. The maximum Gasteiger partial charge on any atom is 0.270 e. The van der Waals surface area contributed by atoms with Crippen LogP contribution in [0.15, 0.2) is 42.7 Å². The summed E-state index contributed by atoms with van der Waals surface area (Å²) in [5, 5.41) is 1.06. The van der Waals surface area contributed by atoms with Crippen LogP contribution in [-0.4, -0.2) is 57.6 Å². The third-order valence-corrected chi connectivity index (χ3v) is 5.64. The van der Waals surface area contributed by atoms with E-state index in [2.05, 4.69) is 26.4 Å². The van der Waals surface area contributed by atoms with E-state index in [1.165, 1.54) is 0 Å². The first-order chi connectivity index (χ1) is 13.7. The van der Waals surface area contributed by atoms with Crippen molar-refractivity contribution in [1.82, 2.24) is 19.4 Å². The molecule has 1 aromatic carbocycles. The molecule has 144 valence electrons. The van der Waals surface area contributed by atoms with Crippen LogP contribution in [0.25, 0.3) is 10.9 Å². The number of hydrogen-bond donors (Lipinski definition) is 0. The second kappa shape index (κ2) is 6.82. The van der Waals surface area contributed by atoms with Crippen LogP contribution in [0.1, 0.15) is 23.8 Å². The second-order valence-corrected chi connectivity index (χ2v) is 7.31. The molecule has 0 N–H and O–H groups in total. The fourth-order valence-corrected chi connectivity index (χ4v) is 4.11. The number of rotatable bonds is 3. The van der Waals surface area contributed by atoms with Crippen molar-refractivity contribution in [3.05, 3.63) is 48.4 Å². The van der Waals surface area contributed by atoms with E-state index in [0.29, 0.717) is 13.1 Å². The maximum atomic E-state index is 13.3. The molecular weight excluding hydrogens is 354 g/mol. The lowest BCUT2D eigenvalue weighted by molar-refractivity contribution is 0.0730. The SMILES string of the molecule is CCC1Cn2c(C(=O)N3CCN(c4ncccn4)CC3)cc3cccc(c32)O1. The van der Waals surface area contributed by atoms with E-state index < -0.39 is 0 Å². The van der Waals surface area contributed by atoms with Gasteiger partial charge in [-0.3, -0.25) is 4.79 Å². The number of aromatic nitrogens is 3. The summed E-state index contributed by atoms with van der Waals surface area (Å²) in [6.45, 7) is 5.64. The van der Waals surface area contributed by atoms with E-state index >= 15 is 0 Å². The number of amides is 1. The Hall–Kier alpha value is -3.09. The van der Waals surface area contributed by atoms with Gasteiger partial charge in [0.25, 0.3) is 5.91 Å². The average Bonchev–Trinajstić information content (AvgIpc) is 3.14. The largest absolute Gasteiger partial charge is 0.486 e. The van der Waals surface area contributed by atoms with Crippen LogP contribution in [-0.2, 0) is 6.54 Å². The number of piperazine rings is 1. The van der Waals surface area contributed by atoms with Crippen molar-refractivity contribution in [3.63, 3.8) is 0 Å². The van der Waals surface area contributed by atoms with Crippen LogP contribution in [0.5, 0.6) is 5.75 Å². The van der Waals surface area contributed by atoms with Crippen molar-refractivity contribution in [2.24, 2.45) is 0 Å². The first-order valence-corrected chi connectivity index (χ1v) is 9.84. The molecule has 7 heteroatoms. The summed E-state index contributed by atoms with van der Waals surface area (Å²) in [5.41, 5.74) is 1.79. The number of hydrogen-bond acceptors (Lipinski definition) is 5. The van der Waals surface area contributed by atoms with Gasteiger partial charge >= 0.3 is 0 Å². The van der Waals surface area contributed by atoms with Gasteiger partial charge in [-0.2, -0.15) is 0 Å². The highest BCUT2D eigenvalue weighted by molar-refractivity contribution is 6.00. The zero-order valence-electron chi connectivity index (χ0n) is 15.9. The van der Waals surface area contributed by atoms with Crippen LogP contribution in [0.4, 0.5) is 5.95 Å². The molecule has 3 aromatic rings. The molecule has 1 unspecified atom stereocenters. The number of carbonyl (C=O) groups is 1. The van der Waals surface area contributed by atoms with Gasteiger partial charge in [0.15, 0.2) is 0 Å². The smallest absolute Gasteiger partial charge is 0.270 e. The van der Waals surface area contributed by atoms with E-state index in [4.69, 9.17) is 4.74 Å².